The van der Waals surface area contributed by atoms with Crippen LogP contribution in [0.3, 0.4) is 0 Å². The summed E-state index contributed by atoms with van der Waals surface area (Å²) in [7, 11) is 0. The lowest BCUT2D eigenvalue weighted by Crippen LogP contribution is -2.45. The van der Waals surface area contributed by atoms with Crippen LogP contribution in [-0.2, 0) is 4.79 Å². The molecule has 4 nitrogen and oxygen atoms in total. The SMILES string of the molecule is CC1CCC(O)(CNC(=O)CC(C)C2CCCNC2)CC1. The Morgan fingerprint density at radius 3 is 2.71 bits per heavy atom. The van der Waals surface area contributed by atoms with E-state index in [0.717, 1.165) is 38.8 Å². The molecule has 2 unspecified atom stereocenters. The van der Waals surface area contributed by atoms with E-state index in [9.17, 15) is 9.90 Å². The lowest BCUT2D eigenvalue weighted by atomic mass is 9.79. The molecule has 1 amide bonds. The van der Waals surface area contributed by atoms with E-state index < -0.39 is 5.60 Å². The number of nitrogens with one attached hydrogen (secondary N) is 2. The van der Waals surface area contributed by atoms with Crippen molar-refractivity contribution in [3.63, 3.8) is 0 Å². The van der Waals surface area contributed by atoms with Gasteiger partial charge in [-0.1, -0.05) is 13.8 Å². The summed E-state index contributed by atoms with van der Waals surface area (Å²) < 4.78 is 0. The first kappa shape index (κ1) is 16.8. The van der Waals surface area contributed by atoms with Gasteiger partial charge in [0.2, 0.25) is 5.91 Å². The molecule has 1 aliphatic heterocycles. The van der Waals surface area contributed by atoms with Crippen LogP contribution in [0.15, 0.2) is 0 Å². The molecule has 2 rings (SSSR count). The molecule has 1 saturated heterocycles. The zero-order chi connectivity index (χ0) is 15.3. The van der Waals surface area contributed by atoms with Crippen molar-refractivity contribution >= 4 is 5.91 Å². The van der Waals surface area contributed by atoms with Crippen LogP contribution in [-0.4, -0.2) is 36.2 Å². The minimum Gasteiger partial charge on any atom is -0.388 e. The van der Waals surface area contributed by atoms with Crippen LogP contribution in [0.2, 0.25) is 0 Å². The van der Waals surface area contributed by atoms with Crippen molar-refractivity contribution < 1.29 is 9.90 Å². The van der Waals surface area contributed by atoms with E-state index in [1.54, 1.807) is 0 Å². The van der Waals surface area contributed by atoms with Crippen LogP contribution in [0.1, 0.15) is 58.8 Å². The molecule has 0 aromatic carbocycles. The van der Waals surface area contributed by atoms with Gasteiger partial charge in [0.1, 0.15) is 0 Å². The lowest BCUT2D eigenvalue weighted by molar-refractivity contribution is -0.124. The fraction of sp³-hybridized carbons (Fsp3) is 0.941. The van der Waals surface area contributed by atoms with E-state index in [-0.39, 0.29) is 5.91 Å². The Kier molecular flexibility index (Phi) is 6.06. The molecule has 1 saturated carbocycles. The van der Waals surface area contributed by atoms with E-state index in [1.807, 2.05) is 0 Å². The van der Waals surface area contributed by atoms with Gasteiger partial charge in [-0.3, -0.25) is 4.79 Å². The van der Waals surface area contributed by atoms with Crippen molar-refractivity contribution in [2.24, 2.45) is 17.8 Å². The number of carbonyl (C=O) groups is 1. The highest BCUT2D eigenvalue weighted by Crippen LogP contribution is 2.31. The summed E-state index contributed by atoms with van der Waals surface area (Å²) in [6, 6.07) is 0. The maximum atomic E-state index is 12.1. The molecule has 1 aliphatic carbocycles. The Labute approximate surface area is 129 Å². The quantitative estimate of drug-likeness (QED) is 0.728. The van der Waals surface area contributed by atoms with E-state index in [4.69, 9.17) is 0 Å². The van der Waals surface area contributed by atoms with Gasteiger partial charge in [-0.15, -0.1) is 0 Å². The van der Waals surface area contributed by atoms with Crippen LogP contribution in [0.4, 0.5) is 0 Å². The number of carbonyl (C=O) groups excluding carboxylic acids is 1. The maximum Gasteiger partial charge on any atom is 0.220 e. The van der Waals surface area contributed by atoms with Crippen molar-refractivity contribution in [3.8, 4) is 0 Å². The molecule has 3 N–H and O–H groups in total. The van der Waals surface area contributed by atoms with E-state index in [2.05, 4.69) is 24.5 Å². The summed E-state index contributed by atoms with van der Waals surface area (Å²) in [6.07, 6.45) is 6.79. The number of rotatable bonds is 5. The molecule has 0 bridgehead atoms. The number of aliphatic hydroxyl groups is 1. The van der Waals surface area contributed by atoms with Crippen molar-refractivity contribution in [2.45, 2.75) is 64.4 Å². The molecule has 0 aromatic rings. The third-order valence-electron chi connectivity index (χ3n) is 5.47. The molecule has 122 valence electrons. The van der Waals surface area contributed by atoms with Crippen molar-refractivity contribution in [1.82, 2.24) is 10.6 Å². The highest BCUT2D eigenvalue weighted by molar-refractivity contribution is 5.76. The number of hydrogen-bond acceptors (Lipinski definition) is 3. The van der Waals surface area contributed by atoms with Gasteiger partial charge in [-0.25, -0.2) is 0 Å². The van der Waals surface area contributed by atoms with Crippen LogP contribution in [0, 0.1) is 17.8 Å². The zero-order valence-electron chi connectivity index (χ0n) is 13.7. The van der Waals surface area contributed by atoms with Gasteiger partial charge in [0.05, 0.1) is 5.60 Å². The summed E-state index contributed by atoms with van der Waals surface area (Å²) >= 11 is 0. The minimum absolute atomic E-state index is 0.0973. The first-order valence-electron chi connectivity index (χ1n) is 8.68. The Morgan fingerprint density at radius 2 is 2.10 bits per heavy atom. The summed E-state index contributed by atoms with van der Waals surface area (Å²) in [6.45, 7) is 6.98. The van der Waals surface area contributed by atoms with Gasteiger partial charge in [-0.2, -0.15) is 0 Å². The fourth-order valence-corrected chi connectivity index (χ4v) is 3.64. The molecular formula is C17H32N2O2. The standard InChI is InChI=1S/C17H32N2O2/c1-13-5-7-17(21,8-6-13)12-19-16(20)10-14(2)15-4-3-9-18-11-15/h13-15,18,21H,3-12H2,1-2H3,(H,19,20). The zero-order valence-corrected chi connectivity index (χ0v) is 13.7. The highest BCUT2D eigenvalue weighted by atomic mass is 16.3. The van der Waals surface area contributed by atoms with Crippen molar-refractivity contribution in [1.29, 1.82) is 0 Å². The monoisotopic (exact) mass is 296 g/mol. The normalized spacial score (nSPS) is 35.2. The Morgan fingerprint density at radius 1 is 1.38 bits per heavy atom. The molecule has 21 heavy (non-hydrogen) atoms. The lowest BCUT2D eigenvalue weighted by Gasteiger charge is -2.35. The molecule has 0 aromatic heterocycles. The van der Waals surface area contributed by atoms with Crippen molar-refractivity contribution in [3.05, 3.63) is 0 Å². The topological polar surface area (TPSA) is 61.4 Å². The van der Waals surface area contributed by atoms with Gasteiger partial charge in [0.15, 0.2) is 0 Å². The molecular weight excluding hydrogens is 264 g/mol. The fourth-order valence-electron chi connectivity index (χ4n) is 3.64. The predicted octanol–water partition coefficient (Wildman–Crippen LogP) is 2.07. The van der Waals surface area contributed by atoms with Crippen LogP contribution < -0.4 is 10.6 Å². The molecule has 2 aliphatic rings. The Hall–Kier alpha value is -0.610. The summed E-state index contributed by atoms with van der Waals surface area (Å²) in [5.74, 6) is 1.84. The molecule has 0 radical (unpaired) electrons. The van der Waals surface area contributed by atoms with Crippen LogP contribution >= 0.6 is 0 Å². The Balaban J connectivity index is 1.69. The Bertz CT molecular complexity index is 332. The van der Waals surface area contributed by atoms with Gasteiger partial charge in [0.25, 0.3) is 0 Å². The van der Waals surface area contributed by atoms with Gasteiger partial charge in [-0.05, 0) is 69.4 Å². The third-order valence-corrected chi connectivity index (χ3v) is 5.47. The molecule has 4 heteroatoms. The largest absolute Gasteiger partial charge is 0.388 e. The number of amides is 1. The average molecular weight is 296 g/mol. The van der Waals surface area contributed by atoms with Crippen LogP contribution in [0.5, 0.6) is 0 Å². The second-order valence-electron chi connectivity index (χ2n) is 7.47. The third kappa shape index (κ3) is 5.26. The second kappa shape index (κ2) is 7.59. The first-order chi connectivity index (χ1) is 9.98. The number of hydrogen-bond donors (Lipinski definition) is 3. The van der Waals surface area contributed by atoms with Gasteiger partial charge in [0, 0.05) is 13.0 Å². The summed E-state index contributed by atoms with van der Waals surface area (Å²) in [4.78, 5) is 12.1. The summed E-state index contributed by atoms with van der Waals surface area (Å²) in [5, 5.41) is 16.9. The van der Waals surface area contributed by atoms with E-state index in [0.29, 0.717) is 30.7 Å². The van der Waals surface area contributed by atoms with Gasteiger partial charge >= 0.3 is 0 Å². The van der Waals surface area contributed by atoms with Crippen molar-refractivity contribution in [2.75, 3.05) is 19.6 Å². The molecule has 2 atom stereocenters. The molecule has 2 fully saturated rings. The molecule has 0 spiro atoms. The maximum absolute atomic E-state index is 12.1. The van der Waals surface area contributed by atoms with E-state index >= 15 is 0 Å². The first-order valence-corrected chi connectivity index (χ1v) is 8.68. The van der Waals surface area contributed by atoms with Gasteiger partial charge < -0.3 is 15.7 Å². The molecule has 1 heterocycles. The predicted molar refractivity (Wildman–Crippen MR) is 85.0 cm³/mol. The van der Waals surface area contributed by atoms with E-state index in [1.165, 1.54) is 12.8 Å². The van der Waals surface area contributed by atoms with Crippen LogP contribution in [0.25, 0.3) is 0 Å². The number of piperidine rings is 1. The average Bonchev–Trinajstić information content (AvgIpc) is 2.50. The second-order valence-corrected chi connectivity index (χ2v) is 7.47. The smallest absolute Gasteiger partial charge is 0.220 e. The highest BCUT2D eigenvalue weighted by Gasteiger charge is 2.32. The summed E-state index contributed by atoms with van der Waals surface area (Å²) in [5.41, 5.74) is -0.669. The minimum atomic E-state index is -0.669.